The topological polar surface area (TPSA) is 67.9 Å². The van der Waals surface area contributed by atoms with Crippen LogP contribution in [0.1, 0.15) is 44.9 Å². The van der Waals surface area contributed by atoms with Crippen molar-refractivity contribution in [3.8, 4) is 0 Å². The average molecular weight is 247 g/mol. The van der Waals surface area contributed by atoms with E-state index in [1.54, 1.807) is 0 Å². The zero-order chi connectivity index (χ0) is 12.5. The number of nitrogens with two attached hydrogens (primary N) is 1. The Morgan fingerprint density at radius 1 is 1.17 bits per heavy atom. The van der Waals surface area contributed by atoms with Gasteiger partial charge in [0.25, 0.3) is 0 Å². The number of nitrogens with zero attached hydrogens (tertiary/aromatic N) is 4. The van der Waals surface area contributed by atoms with Gasteiger partial charge >= 0.3 is 0 Å². The number of hydrogen-bond donors (Lipinski definition) is 1. The molecule has 2 aliphatic carbocycles. The normalized spacial score (nSPS) is 18.9. The largest absolute Gasteiger partial charge is 0.368 e. The Morgan fingerprint density at radius 3 is 2.56 bits per heavy atom. The van der Waals surface area contributed by atoms with E-state index in [0.29, 0.717) is 12.0 Å². The van der Waals surface area contributed by atoms with Gasteiger partial charge < -0.3 is 10.6 Å². The van der Waals surface area contributed by atoms with Gasteiger partial charge in [-0.05, 0) is 38.0 Å². The van der Waals surface area contributed by atoms with Crippen molar-refractivity contribution in [1.29, 1.82) is 0 Å². The standard InChI is InChI=1S/C13H21N5/c1-2-3-11-15-12(14)17-13(16-11)18(10-6-7-10)8-9-4-5-9/h9-10H,2-8H2,1H3,(H2,14,15,16,17). The van der Waals surface area contributed by atoms with E-state index in [0.717, 1.165) is 37.1 Å². The van der Waals surface area contributed by atoms with Crippen LogP contribution in [-0.4, -0.2) is 27.5 Å². The summed E-state index contributed by atoms with van der Waals surface area (Å²) >= 11 is 0. The van der Waals surface area contributed by atoms with E-state index in [2.05, 4.69) is 26.8 Å². The SMILES string of the molecule is CCCc1nc(N)nc(N(CC2CC2)C2CC2)n1. The van der Waals surface area contributed by atoms with Crippen LogP contribution in [0.15, 0.2) is 0 Å². The Bertz CT molecular complexity index is 425. The molecule has 0 unspecified atom stereocenters. The second-order valence-corrected chi connectivity index (χ2v) is 5.49. The lowest BCUT2D eigenvalue weighted by Gasteiger charge is -2.22. The maximum atomic E-state index is 5.81. The highest BCUT2D eigenvalue weighted by Gasteiger charge is 2.35. The molecule has 3 rings (SSSR count). The Balaban J connectivity index is 1.82. The Hall–Kier alpha value is -1.39. The molecule has 0 atom stereocenters. The van der Waals surface area contributed by atoms with E-state index in [9.17, 15) is 0 Å². The van der Waals surface area contributed by atoms with Crippen LogP contribution < -0.4 is 10.6 Å². The monoisotopic (exact) mass is 247 g/mol. The van der Waals surface area contributed by atoms with Crippen molar-refractivity contribution in [3.05, 3.63) is 5.82 Å². The average Bonchev–Trinajstić information content (AvgIpc) is 3.19. The second kappa shape index (κ2) is 4.71. The number of hydrogen-bond acceptors (Lipinski definition) is 5. The fourth-order valence-electron chi connectivity index (χ4n) is 2.25. The second-order valence-electron chi connectivity index (χ2n) is 5.49. The Morgan fingerprint density at radius 2 is 1.94 bits per heavy atom. The highest BCUT2D eigenvalue weighted by Crippen LogP contribution is 2.36. The molecule has 1 aromatic heterocycles. The highest BCUT2D eigenvalue weighted by molar-refractivity contribution is 5.38. The van der Waals surface area contributed by atoms with Gasteiger partial charge in [0.2, 0.25) is 11.9 Å². The van der Waals surface area contributed by atoms with Crippen molar-refractivity contribution in [2.75, 3.05) is 17.2 Å². The Labute approximate surface area is 108 Å². The number of aromatic nitrogens is 3. The van der Waals surface area contributed by atoms with E-state index < -0.39 is 0 Å². The van der Waals surface area contributed by atoms with Crippen molar-refractivity contribution < 1.29 is 0 Å². The molecule has 5 heteroatoms. The fraction of sp³-hybridized carbons (Fsp3) is 0.769. The molecule has 0 bridgehead atoms. The van der Waals surface area contributed by atoms with Crippen LogP contribution in [0.25, 0.3) is 0 Å². The lowest BCUT2D eigenvalue weighted by atomic mass is 10.3. The number of aryl methyl sites for hydroxylation is 1. The first kappa shape index (κ1) is 11.7. The van der Waals surface area contributed by atoms with Crippen LogP contribution in [0.4, 0.5) is 11.9 Å². The first-order valence-corrected chi connectivity index (χ1v) is 7.03. The molecule has 5 nitrogen and oxygen atoms in total. The lowest BCUT2D eigenvalue weighted by Crippen LogP contribution is -2.30. The van der Waals surface area contributed by atoms with Gasteiger partial charge in [0.05, 0.1) is 0 Å². The zero-order valence-corrected chi connectivity index (χ0v) is 11.0. The summed E-state index contributed by atoms with van der Waals surface area (Å²) < 4.78 is 0. The minimum Gasteiger partial charge on any atom is -0.368 e. The summed E-state index contributed by atoms with van der Waals surface area (Å²) in [5.41, 5.74) is 5.81. The molecule has 0 radical (unpaired) electrons. The van der Waals surface area contributed by atoms with Crippen LogP contribution in [0.5, 0.6) is 0 Å². The molecular weight excluding hydrogens is 226 g/mol. The van der Waals surface area contributed by atoms with Gasteiger partial charge in [-0.3, -0.25) is 0 Å². The summed E-state index contributed by atoms with van der Waals surface area (Å²) in [4.78, 5) is 15.5. The summed E-state index contributed by atoms with van der Waals surface area (Å²) in [6.45, 7) is 3.22. The molecule has 1 aromatic rings. The lowest BCUT2D eigenvalue weighted by molar-refractivity contribution is 0.686. The molecule has 0 amide bonds. The minimum atomic E-state index is 0.366. The van der Waals surface area contributed by atoms with E-state index in [1.165, 1.54) is 25.7 Å². The molecule has 1 heterocycles. The van der Waals surface area contributed by atoms with Crippen molar-refractivity contribution >= 4 is 11.9 Å². The third-order valence-corrected chi connectivity index (χ3v) is 3.56. The summed E-state index contributed by atoms with van der Waals surface area (Å²) in [7, 11) is 0. The van der Waals surface area contributed by atoms with Crippen LogP contribution >= 0.6 is 0 Å². The van der Waals surface area contributed by atoms with Gasteiger partial charge in [0.1, 0.15) is 5.82 Å². The van der Waals surface area contributed by atoms with Crippen molar-refractivity contribution in [1.82, 2.24) is 15.0 Å². The molecule has 2 fully saturated rings. The molecule has 0 aromatic carbocycles. The molecule has 0 spiro atoms. The number of nitrogen functional groups attached to an aromatic ring is 1. The maximum Gasteiger partial charge on any atom is 0.230 e. The van der Waals surface area contributed by atoms with E-state index in [-0.39, 0.29) is 0 Å². The molecule has 0 saturated heterocycles. The Kier molecular flexibility index (Phi) is 3.06. The van der Waals surface area contributed by atoms with Crippen molar-refractivity contribution in [3.63, 3.8) is 0 Å². The fourth-order valence-corrected chi connectivity index (χ4v) is 2.25. The van der Waals surface area contributed by atoms with Crippen molar-refractivity contribution in [2.24, 2.45) is 5.92 Å². The van der Waals surface area contributed by atoms with Crippen LogP contribution in [0.3, 0.4) is 0 Å². The van der Waals surface area contributed by atoms with Gasteiger partial charge in [-0.2, -0.15) is 15.0 Å². The maximum absolute atomic E-state index is 5.81. The van der Waals surface area contributed by atoms with Crippen molar-refractivity contribution in [2.45, 2.75) is 51.5 Å². The predicted molar refractivity (Wildman–Crippen MR) is 71.3 cm³/mol. The predicted octanol–water partition coefficient (Wildman–Crippen LogP) is 1.79. The third-order valence-electron chi connectivity index (χ3n) is 3.56. The van der Waals surface area contributed by atoms with E-state index in [1.807, 2.05) is 0 Å². The first-order chi connectivity index (χ1) is 8.76. The van der Waals surface area contributed by atoms with Gasteiger partial charge in [0.15, 0.2) is 0 Å². The molecular formula is C13H21N5. The van der Waals surface area contributed by atoms with Gasteiger partial charge in [-0.15, -0.1) is 0 Å². The summed E-state index contributed by atoms with van der Waals surface area (Å²) in [5.74, 6) is 2.85. The summed E-state index contributed by atoms with van der Waals surface area (Å²) in [5, 5.41) is 0. The van der Waals surface area contributed by atoms with Gasteiger partial charge in [-0.25, -0.2) is 0 Å². The van der Waals surface area contributed by atoms with Gasteiger partial charge in [0, 0.05) is 19.0 Å². The molecule has 2 aliphatic rings. The smallest absolute Gasteiger partial charge is 0.230 e. The zero-order valence-electron chi connectivity index (χ0n) is 11.0. The van der Waals surface area contributed by atoms with Gasteiger partial charge in [-0.1, -0.05) is 6.92 Å². The van der Waals surface area contributed by atoms with Crippen LogP contribution in [0, 0.1) is 5.92 Å². The first-order valence-electron chi connectivity index (χ1n) is 7.03. The summed E-state index contributed by atoms with van der Waals surface area (Å²) in [6.07, 6.45) is 7.15. The molecule has 2 N–H and O–H groups in total. The summed E-state index contributed by atoms with van der Waals surface area (Å²) in [6, 6.07) is 0.641. The molecule has 2 saturated carbocycles. The highest BCUT2D eigenvalue weighted by atomic mass is 15.3. The third kappa shape index (κ3) is 2.71. The minimum absolute atomic E-state index is 0.366. The van der Waals surface area contributed by atoms with E-state index in [4.69, 9.17) is 5.73 Å². The quantitative estimate of drug-likeness (QED) is 0.830. The van der Waals surface area contributed by atoms with Crippen LogP contribution in [0.2, 0.25) is 0 Å². The molecule has 18 heavy (non-hydrogen) atoms. The molecule has 98 valence electrons. The number of rotatable bonds is 6. The number of anilines is 2. The van der Waals surface area contributed by atoms with Crippen LogP contribution in [-0.2, 0) is 6.42 Å². The molecule has 0 aliphatic heterocycles. The van der Waals surface area contributed by atoms with E-state index >= 15 is 0 Å².